The molecule has 1 saturated carbocycles. The molecule has 2 atom stereocenters. The zero-order valence-corrected chi connectivity index (χ0v) is 17.7. The first-order chi connectivity index (χ1) is 13.8. The molecule has 0 spiro atoms. The third-order valence-corrected chi connectivity index (χ3v) is 7.58. The Balaban J connectivity index is 1.73. The first-order valence-corrected chi connectivity index (χ1v) is 11.6. The fraction of sp³-hybridized carbons (Fsp3) is 0.524. The summed E-state index contributed by atoms with van der Waals surface area (Å²) in [5.41, 5.74) is 0.934. The van der Waals surface area contributed by atoms with Crippen molar-refractivity contribution in [2.45, 2.75) is 69.4 Å². The Morgan fingerprint density at radius 2 is 1.86 bits per heavy atom. The van der Waals surface area contributed by atoms with Gasteiger partial charge < -0.3 is 10.6 Å². The SMILES string of the molecule is Cc1ccc(S(=O)(=O)N2C=CNC(=O)[C@H]2CC(=O)N[C@H](C)C2CCCCC2)cc1. The molecular weight excluding hydrogens is 390 g/mol. The van der Waals surface area contributed by atoms with Crippen LogP contribution in [0.5, 0.6) is 0 Å². The molecule has 29 heavy (non-hydrogen) atoms. The van der Waals surface area contributed by atoms with Crippen LogP contribution in [0.25, 0.3) is 0 Å². The number of hydrogen-bond donors (Lipinski definition) is 2. The molecule has 1 heterocycles. The molecule has 1 aliphatic heterocycles. The highest BCUT2D eigenvalue weighted by Gasteiger charge is 2.37. The molecule has 8 heteroatoms. The molecular formula is C21H29N3O4S. The van der Waals surface area contributed by atoms with Crippen molar-refractivity contribution in [1.29, 1.82) is 0 Å². The van der Waals surface area contributed by atoms with Crippen molar-refractivity contribution in [1.82, 2.24) is 14.9 Å². The maximum absolute atomic E-state index is 13.1. The van der Waals surface area contributed by atoms with Crippen molar-refractivity contribution in [2.24, 2.45) is 5.92 Å². The Bertz CT molecular complexity index is 874. The van der Waals surface area contributed by atoms with Crippen LogP contribution in [0.1, 0.15) is 51.0 Å². The number of benzene rings is 1. The van der Waals surface area contributed by atoms with Crippen LogP contribution in [0.4, 0.5) is 0 Å². The minimum absolute atomic E-state index is 0.00662. The lowest BCUT2D eigenvalue weighted by molar-refractivity contribution is -0.130. The molecule has 3 rings (SSSR count). The van der Waals surface area contributed by atoms with Crippen molar-refractivity contribution in [2.75, 3.05) is 0 Å². The Morgan fingerprint density at radius 1 is 1.21 bits per heavy atom. The molecule has 1 fully saturated rings. The van der Waals surface area contributed by atoms with Gasteiger partial charge >= 0.3 is 0 Å². The predicted octanol–water partition coefficient (Wildman–Crippen LogP) is 2.43. The fourth-order valence-electron chi connectivity index (χ4n) is 4.01. The fourth-order valence-corrected chi connectivity index (χ4v) is 5.46. The van der Waals surface area contributed by atoms with Gasteiger partial charge in [0.05, 0.1) is 11.3 Å². The number of nitrogens with zero attached hydrogens (tertiary/aromatic N) is 1. The number of carbonyl (C=O) groups is 2. The van der Waals surface area contributed by atoms with Gasteiger partial charge in [0.1, 0.15) is 6.04 Å². The molecule has 0 radical (unpaired) electrons. The van der Waals surface area contributed by atoms with Crippen molar-refractivity contribution in [3.63, 3.8) is 0 Å². The molecule has 2 aliphatic rings. The summed E-state index contributed by atoms with van der Waals surface area (Å²) < 4.78 is 27.1. The summed E-state index contributed by atoms with van der Waals surface area (Å²) >= 11 is 0. The van der Waals surface area contributed by atoms with E-state index < -0.39 is 22.0 Å². The second-order valence-electron chi connectivity index (χ2n) is 7.95. The lowest BCUT2D eigenvalue weighted by atomic mass is 9.84. The summed E-state index contributed by atoms with van der Waals surface area (Å²) in [7, 11) is -3.95. The highest BCUT2D eigenvalue weighted by Crippen LogP contribution is 2.27. The number of nitrogens with one attached hydrogen (secondary N) is 2. The molecule has 0 aromatic heterocycles. The van der Waals surface area contributed by atoms with Crippen LogP contribution in [0.15, 0.2) is 41.6 Å². The monoisotopic (exact) mass is 419 g/mol. The van der Waals surface area contributed by atoms with Gasteiger partial charge in [-0.05, 0) is 44.7 Å². The van der Waals surface area contributed by atoms with E-state index in [9.17, 15) is 18.0 Å². The van der Waals surface area contributed by atoms with Crippen molar-refractivity contribution < 1.29 is 18.0 Å². The van der Waals surface area contributed by atoms with Gasteiger partial charge in [-0.3, -0.25) is 13.9 Å². The normalized spacial score (nSPS) is 21.5. The number of aryl methyl sites for hydroxylation is 1. The Labute approximate surface area is 172 Å². The average Bonchev–Trinajstić information content (AvgIpc) is 2.70. The molecule has 2 N–H and O–H groups in total. The van der Waals surface area contributed by atoms with E-state index in [2.05, 4.69) is 10.6 Å². The smallest absolute Gasteiger partial charge is 0.264 e. The van der Waals surface area contributed by atoms with Crippen molar-refractivity contribution in [3.8, 4) is 0 Å². The molecule has 0 bridgehead atoms. The summed E-state index contributed by atoms with van der Waals surface area (Å²) in [4.78, 5) is 25.1. The van der Waals surface area contributed by atoms with Crippen LogP contribution >= 0.6 is 0 Å². The van der Waals surface area contributed by atoms with Crippen LogP contribution in [0.3, 0.4) is 0 Å². The van der Waals surface area contributed by atoms with Gasteiger partial charge in [-0.2, -0.15) is 0 Å². The van der Waals surface area contributed by atoms with Crippen LogP contribution < -0.4 is 10.6 Å². The van der Waals surface area contributed by atoms with E-state index in [1.165, 1.54) is 43.8 Å². The van der Waals surface area contributed by atoms with E-state index in [1.807, 2.05) is 13.8 Å². The van der Waals surface area contributed by atoms with Gasteiger partial charge in [0.15, 0.2) is 0 Å². The van der Waals surface area contributed by atoms with Crippen molar-refractivity contribution >= 4 is 21.8 Å². The lowest BCUT2D eigenvalue weighted by Crippen LogP contribution is -2.52. The number of rotatable bonds is 6. The van der Waals surface area contributed by atoms with Gasteiger partial charge in [-0.15, -0.1) is 0 Å². The molecule has 7 nitrogen and oxygen atoms in total. The zero-order valence-electron chi connectivity index (χ0n) is 16.9. The van der Waals surface area contributed by atoms with E-state index in [4.69, 9.17) is 0 Å². The summed E-state index contributed by atoms with van der Waals surface area (Å²) in [6.45, 7) is 3.85. The second kappa shape index (κ2) is 8.98. The molecule has 0 saturated heterocycles. The van der Waals surface area contributed by atoms with Gasteiger partial charge in [-0.25, -0.2) is 8.42 Å². The van der Waals surface area contributed by atoms with Crippen LogP contribution in [-0.2, 0) is 19.6 Å². The topological polar surface area (TPSA) is 95.6 Å². The van der Waals surface area contributed by atoms with Crippen LogP contribution in [0, 0.1) is 12.8 Å². The van der Waals surface area contributed by atoms with E-state index in [0.29, 0.717) is 5.92 Å². The Kier molecular flexibility index (Phi) is 6.62. The summed E-state index contributed by atoms with van der Waals surface area (Å²) in [6.07, 6.45) is 8.11. The molecule has 2 amide bonds. The van der Waals surface area contributed by atoms with Crippen LogP contribution in [0.2, 0.25) is 0 Å². The van der Waals surface area contributed by atoms with Crippen LogP contribution in [-0.4, -0.2) is 36.6 Å². The first kappa shape index (κ1) is 21.4. The molecule has 1 aliphatic carbocycles. The molecule has 158 valence electrons. The largest absolute Gasteiger partial charge is 0.353 e. The third-order valence-electron chi connectivity index (χ3n) is 5.78. The minimum Gasteiger partial charge on any atom is -0.353 e. The minimum atomic E-state index is -3.95. The number of carbonyl (C=O) groups excluding carboxylic acids is 2. The molecule has 1 aromatic carbocycles. The van der Waals surface area contributed by atoms with Gasteiger partial charge in [0.2, 0.25) is 11.8 Å². The summed E-state index contributed by atoms with van der Waals surface area (Å²) in [5, 5.41) is 5.48. The van der Waals surface area contributed by atoms with E-state index in [-0.39, 0.29) is 23.3 Å². The maximum Gasteiger partial charge on any atom is 0.264 e. The van der Waals surface area contributed by atoms with Gasteiger partial charge in [-0.1, -0.05) is 37.0 Å². The van der Waals surface area contributed by atoms with Crippen molar-refractivity contribution in [3.05, 3.63) is 42.2 Å². The standard InChI is InChI=1S/C21H29N3O4S/c1-15-8-10-18(11-9-15)29(27,28)24-13-12-22-21(26)19(24)14-20(25)23-16(2)17-6-4-3-5-7-17/h8-13,16-17,19H,3-7,14H2,1-2H3,(H,22,26)(H,23,25)/t16-,19-/m1/s1. The lowest BCUT2D eigenvalue weighted by Gasteiger charge is -2.32. The highest BCUT2D eigenvalue weighted by molar-refractivity contribution is 7.89. The van der Waals surface area contributed by atoms with Gasteiger partial charge in [0.25, 0.3) is 10.0 Å². The maximum atomic E-state index is 13.1. The third kappa shape index (κ3) is 4.98. The zero-order chi connectivity index (χ0) is 21.0. The van der Waals surface area contributed by atoms with Gasteiger partial charge in [0, 0.05) is 18.4 Å². The first-order valence-electron chi connectivity index (χ1n) is 10.2. The number of sulfonamides is 1. The van der Waals surface area contributed by atoms with E-state index >= 15 is 0 Å². The molecule has 0 unspecified atom stereocenters. The Hall–Kier alpha value is -2.35. The second-order valence-corrected chi connectivity index (χ2v) is 9.79. The number of hydrogen-bond acceptors (Lipinski definition) is 4. The number of amides is 2. The average molecular weight is 420 g/mol. The predicted molar refractivity (Wildman–Crippen MR) is 110 cm³/mol. The summed E-state index contributed by atoms with van der Waals surface area (Å²) in [5.74, 6) is -0.397. The summed E-state index contributed by atoms with van der Waals surface area (Å²) in [6, 6.07) is 5.31. The molecule has 1 aromatic rings. The Morgan fingerprint density at radius 3 is 2.52 bits per heavy atom. The van der Waals surface area contributed by atoms with E-state index in [0.717, 1.165) is 22.7 Å². The highest BCUT2D eigenvalue weighted by atomic mass is 32.2. The van der Waals surface area contributed by atoms with E-state index in [1.54, 1.807) is 12.1 Å². The quantitative estimate of drug-likeness (QED) is 0.740.